The molecule has 5 heteroatoms. The van der Waals surface area contributed by atoms with Crippen LogP contribution in [0.3, 0.4) is 0 Å². The van der Waals surface area contributed by atoms with Gasteiger partial charge in [0.05, 0.1) is 29.0 Å². The first-order chi connectivity index (χ1) is 11.8. The lowest BCUT2D eigenvalue weighted by atomic mass is 10.2. The van der Waals surface area contributed by atoms with Crippen LogP contribution in [0.25, 0.3) is 16.7 Å². The van der Waals surface area contributed by atoms with Crippen LogP contribution in [-0.4, -0.2) is 19.4 Å². The Morgan fingerprint density at radius 1 is 1.21 bits per heavy atom. The summed E-state index contributed by atoms with van der Waals surface area (Å²) in [6.07, 6.45) is 4.98. The molecular weight excluding hydrogens is 298 g/mol. The van der Waals surface area contributed by atoms with Crippen molar-refractivity contribution in [2.75, 3.05) is 0 Å². The molecule has 4 rings (SSSR count). The fraction of sp³-hybridized carbons (Fsp3) is 0.263. The Morgan fingerprint density at radius 2 is 2.08 bits per heavy atom. The van der Waals surface area contributed by atoms with Crippen LogP contribution in [0.2, 0.25) is 0 Å². The molecule has 5 nitrogen and oxygen atoms in total. The zero-order valence-electron chi connectivity index (χ0n) is 14.0. The summed E-state index contributed by atoms with van der Waals surface area (Å²) >= 11 is 0. The zero-order chi connectivity index (χ0) is 16.5. The van der Waals surface area contributed by atoms with Gasteiger partial charge < -0.3 is 14.7 Å². The number of hydrogen-bond acceptors (Lipinski definition) is 3. The highest BCUT2D eigenvalue weighted by atomic mass is 15.1. The van der Waals surface area contributed by atoms with Gasteiger partial charge in [0.1, 0.15) is 11.5 Å². The van der Waals surface area contributed by atoms with Gasteiger partial charge in [-0.05, 0) is 37.1 Å². The highest BCUT2D eigenvalue weighted by Crippen LogP contribution is 2.19. The molecule has 0 aliphatic rings. The molecule has 0 saturated heterocycles. The van der Waals surface area contributed by atoms with E-state index in [1.165, 1.54) is 5.56 Å². The lowest BCUT2D eigenvalue weighted by Crippen LogP contribution is -2.22. The van der Waals surface area contributed by atoms with E-state index in [9.17, 15) is 0 Å². The summed E-state index contributed by atoms with van der Waals surface area (Å²) in [5.41, 5.74) is 5.46. The Hall–Kier alpha value is -2.66. The first kappa shape index (κ1) is 14.9. The second-order valence-electron chi connectivity index (χ2n) is 6.12. The predicted octanol–water partition coefficient (Wildman–Crippen LogP) is 3.76. The van der Waals surface area contributed by atoms with E-state index in [2.05, 4.69) is 57.9 Å². The number of imidazole rings is 2. The Morgan fingerprint density at radius 3 is 2.92 bits per heavy atom. The van der Waals surface area contributed by atoms with Crippen LogP contribution in [0.5, 0.6) is 0 Å². The van der Waals surface area contributed by atoms with Crippen molar-refractivity contribution in [3.8, 4) is 0 Å². The number of pyridine rings is 1. The second-order valence-corrected chi connectivity index (χ2v) is 6.12. The highest BCUT2D eigenvalue weighted by molar-refractivity contribution is 5.74. The third-order valence-corrected chi connectivity index (χ3v) is 4.48. The largest absolute Gasteiger partial charge is 0.341 e. The van der Waals surface area contributed by atoms with Crippen LogP contribution in [-0.2, 0) is 6.54 Å². The van der Waals surface area contributed by atoms with Crippen molar-refractivity contribution in [3.05, 3.63) is 65.9 Å². The number of aromatic amines is 1. The lowest BCUT2D eigenvalue weighted by molar-refractivity contribution is 0.494. The predicted molar refractivity (Wildman–Crippen MR) is 95.9 cm³/mol. The smallest absolute Gasteiger partial charge is 0.139 e. The van der Waals surface area contributed by atoms with Crippen molar-refractivity contribution in [2.24, 2.45) is 0 Å². The third kappa shape index (κ3) is 2.57. The number of hydrogen-bond donors (Lipinski definition) is 2. The molecule has 0 spiro atoms. The van der Waals surface area contributed by atoms with Crippen molar-refractivity contribution in [3.63, 3.8) is 0 Å². The molecule has 0 unspecified atom stereocenters. The molecule has 0 amide bonds. The minimum absolute atomic E-state index is 0.188. The number of rotatable bonds is 5. The van der Waals surface area contributed by atoms with Crippen molar-refractivity contribution in [1.82, 2.24) is 24.7 Å². The summed E-state index contributed by atoms with van der Waals surface area (Å²) in [4.78, 5) is 12.7. The molecule has 0 bridgehead atoms. The van der Waals surface area contributed by atoms with Crippen LogP contribution in [0.15, 0.2) is 48.8 Å². The van der Waals surface area contributed by atoms with Gasteiger partial charge in [0.15, 0.2) is 0 Å². The maximum absolute atomic E-state index is 4.72. The molecule has 1 aromatic carbocycles. The number of para-hydroxylation sites is 2. The molecule has 0 radical (unpaired) electrons. The van der Waals surface area contributed by atoms with E-state index < -0.39 is 0 Å². The van der Waals surface area contributed by atoms with Gasteiger partial charge in [0.25, 0.3) is 0 Å². The summed E-state index contributed by atoms with van der Waals surface area (Å²) in [5.74, 6) is 0.990. The molecule has 0 aliphatic carbocycles. The molecule has 0 aliphatic heterocycles. The van der Waals surface area contributed by atoms with Gasteiger partial charge >= 0.3 is 0 Å². The molecule has 3 heterocycles. The first-order valence-electron chi connectivity index (χ1n) is 8.36. The van der Waals surface area contributed by atoms with E-state index in [0.29, 0.717) is 0 Å². The SMILES string of the molecule is CC[C@H](NCc1cnc2c(C)cccn12)c1nc2ccccc2[nH]1. The Labute approximate surface area is 140 Å². The Kier molecular flexibility index (Phi) is 3.78. The Balaban J connectivity index is 1.57. The minimum Gasteiger partial charge on any atom is -0.341 e. The summed E-state index contributed by atoms with van der Waals surface area (Å²) < 4.78 is 2.15. The number of aryl methyl sites for hydroxylation is 1. The summed E-state index contributed by atoms with van der Waals surface area (Å²) in [7, 11) is 0. The Bertz CT molecular complexity index is 949. The summed E-state index contributed by atoms with van der Waals surface area (Å²) in [6.45, 7) is 5.01. The summed E-state index contributed by atoms with van der Waals surface area (Å²) in [5, 5.41) is 3.61. The molecule has 3 aromatic heterocycles. The monoisotopic (exact) mass is 319 g/mol. The fourth-order valence-electron chi connectivity index (χ4n) is 3.13. The van der Waals surface area contributed by atoms with Gasteiger partial charge in [0, 0.05) is 12.7 Å². The highest BCUT2D eigenvalue weighted by Gasteiger charge is 2.14. The fourth-order valence-corrected chi connectivity index (χ4v) is 3.13. The number of benzene rings is 1. The number of fused-ring (bicyclic) bond motifs is 2. The topological polar surface area (TPSA) is 58.0 Å². The van der Waals surface area contributed by atoms with E-state index in [0.717, 1.165) is 41.2 Å². The van der Waals surface area contributed by atoms with E-state index >= 15 is 0 Å². The number of H-pyrrole nitrogens is 1. The normalized spacial score (nSPS) is 12.9. The van der Waals surface area contributed by atoms with Crippen LogP contribution < -0.4 is 5.32 Å². The number of nitrogens with zero attached hydrogens (tertiary/aromatic N) is 3. The van der Waals surface area contributed by atoms with Crippen molar-refractivity contribution < 1.29 is 0 Å². The molecule has 122 valence electrons. The third-order valence-electron chi connectivity index (χ3n) is 4.48. The van der Waals surface area contributed by atoms with E-state index in [1.54, 1.807) is 0 Å². The second kappa shape index (κ2) is 6.09. The summed E-state index contributed by atoms with van der Waals surface area (Å²) in [6, 6.07) is 12.5. The van der Waals surface area contributed by atoms with Crippen LogP contribution in [0.1, 0.15) is 36.5 Å². The minimum atomic E-state index is 0.188. The van der Waals surface area contributed by atoms with Gasteiger partial charge in [-0.2, -0.15) is 0 Å². The molecular formula is C19H21N5. The van der Waals surface area contributed by atoms with Gasteiger partial charge in [0.2, 0.25) is 0 Å². The maximum atomic E-state index is 4.72. The van der Waals surface area contributed by atoms with Gasteiger partial charge in [-0.15, -0.1) is 0 Å². The first-order valence-corrected chi connectivity index (χ1v) is 8.36. The molecule has 2 N–H and O–H groups in total. The van der Waals surface area contributed by atoms with Crippen molar-refractivity contribution in [2.45, 2.75) is 32.9 Å². The molecule has 1 atom stereocenters. The van der Waals surface area contributed by atoms with Crippen molar-refractivity contribution >= 4 is 16.7 Å². The molecule has 24 heavy (non-hydrogen) atoms. The lowest BCUT2D eigenvalue weighted by Gasteiger charge is -2.14. The van der Waals surface area contributed by atoms with Crippen LogP contribution in [0, 0.1) is 6.92 Å². The van der Waals surface area contributed by atoms with E-state index in [-0.39, 0.29) is 6.04 Å². The van der Waals surface area contributed by atoms with Gasteiger partial charge in [-0.25, -0.2) is 9.97 Å². The maximum Gasteiger partial charge on any atom is 0.139 e. The van der Waals surface area contributed by atoms with E-state index in [1.807, 2.05) is 24.4 Å². The van der Waals surface area contributed by atoms with Gasteiger partial charge in [-0.1, -0.05) is 25.1 Å². The number of nitrogens with one attached hydrogen (secondary N) is 2. The average Bonchev–Trinajstić information content (AvgIpc) is 3.20. The molecule has 4 aromatic rings. The van der Waals surface area contributed by atoms with Crippen LogP contribution in [0.4, 0.5) is 0 Å². The standard InChI is InChI=1S/C19H21N5/c1-3-15(18-22-16-8-4-5-9-17(16)23-18)20-11-14-12-21-19-13(2)7-6-10-24(14)19/h4-10,12,15,20H,3,11H2,1-2H3,(H,22,23)/t15-/m0/s1. The molecule has 0 fully saturated rings. The van der Waals surface area contributed by atoms with E-state index in [4.69, 9.17) is 4.98 Å². The van der Waals surface area contributed by atoms with Crippen LogP contribution >= 0.6 is 0 Å². The molecule has 0 saturated carbocycles. The zero-order valence-corrected chi connectivity index (χ0v) is 14.0. The number of aromatic nitrogens is 4. The average molecular weight is 319 g/mol. The van der Waals surface area contributed by atoms with Crippen molar-refractivity contribution in [1.29, 1.82) is 0 Å². The van der Waals surface area contributed by atoms with Gasteiger partial charge in [-0.3, -0.25) is 0 Å². The quantitative estimate of drug-likeness (QED) is 0.589.